The van der Waals surface area contributed by atoms with E-state index in [-0.39, 0.29) is 12.1 Å². The van der Waals surface area contributed by atoms with Gasteiger partial charge in [0.25, 0.3) is 0 Å². The molecular weight excluding hydrogens is 252 g/mol. The van der Waals surface area contributed by atoms with Gasteiger partial charge >= 0.3 is 0 Å². The molecule has 3 unspecified atom stereocenters. The van der Waals surface area contributed by atoms with E-state index < -0.39 is 0 Å². The van der Waals surface area contributed by atoms with E-state index >= 15 is 0 Å². The maximum absolute atomic E-state index is 9.74. The van der Waals surface area contributed by atoms with E-state index in [4.69, 9.17) is 4.74 Å². The van der Waals surface area contributed by atoms with Gasteiger partial charge in [0.05, 0.1) is 12.7 Å². The predicted octanol–water partition coefficient (Wildman–Crippen LogP) is 1.77. The number of nitrogens with one attached hydrogen (secondary N) is 1. The molecule has 2 N–H and O–H groups in total. The molecule has 4 heteroatoms. The molecule has 20 heavy (non-hydrogen) atoms. The first kappa shape index (κ1) is 16.2. The van der Waals surface area contributed by atoms with Gasteiger partial charge in [-0.15, -0.1) is 0 Å². The lowest BCUT2D eigenvalue weighted by atomic mass is 9.92. The maximum Gasteiger partial charge on any atom is 0.0702 e. The fourth-order valence-corrected chi connectivity index (χ4v) is 3.41. The zero-order valence-corrected chi connectivity index (χ0v) is 13.4. The van der Waals surface area contributed by atoms with Gasteiger partial charge in [-0.3, -0.25) is 4.90 Å². The first-order valence-electron chi connectivity index (χ1n) is 8.30. The molecule has 118 valence electrons. The smallest absolute Gasteiger partial charge is 0.0702 e. The Kier molecular flexibility index (Phi) is 5.84. The number of piperidine rings is 1. The molecule has 0 aromatic rings. The van der Waals surface area contributed by atoms with Gasteiger partial charge in [-0.05, 0) is 59.4 Å². The zero-order valence-electron chi connectivity index (χ0n) is 13.4. The lowest BCUT2D eigenvalue weighted by molar-refractivity contribution is -0.0113. The van der Waals surface area contributed by atoms with Gasteiger partial charge in [-0.2, -0.15) is 0 Å². The molecule has 1 saturated carbocycles. The third-order valence-electron chi connectivity index (χ3n) is 4.66. The maximum atomic E-state index is 9.74. The van der Waals surface area contributed by atoms with Crippen LogP contribution in [-0.4, -0.2) is 60.0 Å². The molecule has 1 aliphatic carbocycles. The fraction of sp³-hybridized carbons (Fsp3) is 1.00. The predicted molar refractivity (Wildman–Crippen MR) is 81.9 cm³/mol. The van der Waals surface area contributed by atoms with Crippen molar-refractivity contribution in [2.45, 2.75) is 76.6 Å². The highest BCUT2D eigenvalue weighted by molar-refractivity contribution is 4.95. The number of aliphatic hydroxyl groups excluding tert-OH is 1. The summed E-state index contributed by atoms with van der Waals surface area (Å²) in [7, 11) is 0. The quantitative estimate of drug-likeness (QED) is 0.713. The highest BCUT2D eigenvalue weighted by Crippen LogP contribution is 2.26. The van der Waals surface area contributed by atoms with Crippen molar-refractivity contribution in [3.63, 3.8) is 0 Å². The molecular formula is C16H32N2O2. The van der Waals surface area contributed by atoms with Gasteiger partial charge in [0, 0.05) is 30.8 Å². The third kappa shape index (κ3) is 4.69. The second kappa shape index (κ2) is 7.21. The molecule has 0 aromatic carbocycles. The van der Waals surface area contributed by atoms with E-state index in [1.807, 2.05) is 0 Å². The molecule has 1 saturated heterocycles. The van der Waals surface area contributed by atoms with Crippen molar-refractivity contribution in [3.8, 4) is 0 Å². The van der Waals surface area contributed by atoms with Gasteiger partial charge in [0.1, 0.15) is 0 Å². The number of ether oxygens (including phenoxy) is 1. The van der Waals surface area contributed by atoms with Crippen LogP contribution in [0.3, 0.4) is 0 Å². The van der Waals surface area contributed by atoms with Crippen LogP contribution >= 0.6 is 0 Å². The van der Waals surface area contributed by atoms with Crippen molar-refractivity contribution in [2.24, 2.45) is 0 Å². The summed E-state index contributed by atoms with van der Waals surface area (Å²) in [5.74, 6) is 0. The van der Waals surface area contributed by atoms with Crippen LogP contribution in [0.5, 0.6) is 0 Å². The van der Waals surface area contributed by atoms with E-state index in [2.05, 4.69) is 31.0 Å². The minimum atomic E-state index is -0.140. The number of rotatable bonds is 8. The second-order valence-corrected chi connectivity index (χ2v) is 6.91. The standard InChI is InChI=1S/C16H32N2O2/c1-4-20-15-6-5-9-18(11-15)13(2)10-16(3,12-19)17-14-7-8-14/h13-15,17,19H,4-12H2,1-3H3. The van der Waals surface area contributed by atoms with Gasteiger partial charge in [-0.25, -0.2) is 0 Å². The highest BCUT2D eigenvalue weighted by atomic mass is 16.5. The van der Waals surface area contributed by atoms with Crippen LogP contribution in [0.4, 0.5) is 0 Å². The van der Waals surface area contributed by atoms with Crippen LogP contribution in [0.25, 0.3) is 0 Å². The van der Waals surface area contributed by atoms with Crippen LogP contribution < -0.4 is 5.32 Å². The highest BCUT2D eigenvalue weighted by Gasteiger charge is 2.35. The Hall–Kier alpha value is -0.160. The van der Waals surface area contributed by atoms with Crippen LogP contribution in [0.2, 0.25) is 0 Å². The Labute approximate surface area is 123 Å². The number of likely N-dealkylation sites (tertiary alicyclic amines) is 1. The van der Waals surface area contributed by atoms with E-state index in [0.717, 1.165) is 26.1 Å². The minimum absolute atomic E-state index is 0.140. The summed E-state index contributed by atoms with van der Waals surface area (Å²) in [6, 6.07) is 1.12. The molecule has 0 bridgehead atoms. The largest absolute Gasteiger partial charge is 0.394 e. The Morgan fingerprint density at radius 3 is 2.75 bits per heavy atom. The van der Waals surface area contributed by atoms with Gasteiger partial charge in [0.2, 0.25) is 0 Å². The summed E-state index contributed by atoms with van der Waals surface area (Å²) in [5.41, 5.74) is -0.140. The summed E-state index contributed by atoms with van der Waals surface area (Å²) in [4.78, 5) is 2.53. The van der Waals surface area contributed by atoms with Crippen molar-refractivity contribution >= 4 is 0 Å². The average molecular weight is 284 g/mol. The summed E-state index contributed by atoms with van der Waals surface area (Å²) in [6.45, 7) is 9.75. The molecule has 0 amide bonds. The monoisotopic (exact) mass is 284 g/mol. The molecule has 1 aliphatic heterocycles. The van der Waals surface area contributed by atoms with E-state index in [1.54, 1.807) is 0 Å². The van der Waals surface area contributed by atoms with Crippen LogP contribution in [0, 0.1) is 0 Å². The molecule has 0 aromatic heterocycles. The number of aliphatic hydroxyl groups is 1. The van der Waals surface area contributed by atoms with Crippen molar-refractivity contribution < 1.29 is 9.84 Å². The number of nitrogens with zero attached hydrogens (tertiary/aromatic N) is 1. The average Bonchev–Trinajstić information content (AvgIpc) is 3.23. The number of hydrogen-bond donors (Lipinski definition) is 2. The van der Waals surface area contributed by atoms with Crippen molar-refractivity contribution in [3.05, 3.63) is 0 Å². The number of hydrogen-bond acceptors (Lipinski definition) is 4. The Balaban J connectivity index is 1.83. The normalized spacial score (nSPS) is 29.1. The lowest BCUT2D eigenvalue weighted by Crippen LogP contribution is -2.53. The molecule has 0 radical (unpaired) electrons. The second-order valence-electron chi connectivity index (χ2n) is 6.91. The topological polar surface area (TPSA) is 44.7 Å². The summed E-state index contributed by atoms with van der Waals surface area (Å²) >= 11 is 0. The zero-order chi connectivity index (χ0) is 14.6. The van der Waals surface area contributed by atoms with Crippen molar-refractivity contribution in [1.82, 2.24) is 10.2 Å². The minimum Gasteiger partial charge on any atom is -0.394 e. The molecule has 2 rings (SSSR count). The fourth-order valence-electron chi connectivity index (χ4n) is 3.41. The van der Waals surface area contributed by atoms with Crippen LogP contribution in [-0.2, 0) is 4.74 Å². The van der Waals surface area contributed by atoms with E-state index in [0.29, 0.717) is 18.2 Å². The van der Waals surface area contributed by atoms with Crippen molar-refractivity contribution in [2.75, 3.05) is 26.3 Å². The molecule has 0 spiro atoms. The molecule has 3 atom stereocenters. The van der Waals surface area contributed by atoms with E-state index in [1.165, 1.54) is 25.7 Å². The van der Waals surface area contributed by atoms with Crippen LogP contribution in [0.15, 0.2) is 0 Å². The Morgan fingerprint density at radius 2 is 2.15 bits per heavy atom. The van der Waals surface area contributed by atoms with Crippen molar-refractivity contribution in [1.29, 1.82) is 0 Å². The summed E-state index contributed by atoms with van der Waals surface area (Å²) in [5, 5.41) is 13.4. The van der Waals surface area contributed by atoms with Gasteiger partial charge < -0.3 is 15.2 Å². The van der Waals surface area contributed by atoms with Gasteiger partial charge in [-0.1, -0.05) is 0 Å². The lowest BCUT2D eigenvalue weighted by Gasteiger charge is -2.40. The van der Waals surface area contributed by atoms with E-state index in [9.17, 15) is 5.11 Å². The van der Waals surface area contributed by atoms with Crippen LogP contribution in [0.1, 0.15) is 52.9 Å². The Morgan fingerprint density at radius 1 is 1.40 bits per heavy atom. The van der Waals surface area contributed by atoms with Gasteiger partial charge in [0.15, 0.2) is 0 Å². The SMILES string of the molecule is CCOC1CCCN(C(C)CC(C)(CO)NC2CC2)C1. The Bertz CT molecular complexity index is 294. The first-order chi connectivity index (χ1) is 9.56. The molecule has 2 fully saturated rings. The molecule has 2 aliphatic rings. The third-order valence-corrected chi connectivity index (χ3v) is 4.66. The molecule has 4 nitrogen and oxygen atoms in total. The summed E-state index contributed by atoms with van der Waals surface area (Å²) in [6.07, 6.45) is 6.34. The first-order valence-corrected chi connectivity index (χ1v) is 8.30. The molecule has 1 heterocycles. The summed E-state index contributed by atoms with van der Waals surface area (Å²) < 4.78 is 5.79.